The lowest BCUT2D eigenvalue weighted by Crippen LogP contribution is -2.24. The van der Waals surface area contributed by atoms with Gasteiger partial charge in [0.25, 0.3) is 0 Å². The number of hydrogen-bond donors (Lipinski definition) is 1. The first-order chi connectivity index (χ1) is 17.6. The fourth-order valence-electron chi connectivity index (χ4n) is 4.57. The molecule has 1 amide bonds. The van der Waals surface area contributed by atoms with Gasteiger partial charge in [0.15, 0.2) is 5.16 Å². The Morgan fingerprint density at radius 2 is 1.83 bits per heavy atom. The van der Waals surface area contributed by atoms with Crippen LogP contribution in [0, 0.1) is 13.8 Å². The van der Waals surface area contributed by atoms with Gasteiger partial charge >= 0.3 is 0 Å². The van der Waals surface area contributed by atoms with E-state index in [4.69, 9.17) is 0 Å². The molecule has 0 saturated heterocycles. The average molecular weight is 501 g/mol. The minimum absolute atomic E-state index is 0.135. The lowest BCUT2D eigenvalue weighted by atomic mass is 10.0. The molecule has 2 aromatic carbocycles. The van der Waals surface area contributed by atoms with Crippen LogP contribution in [0.25, 0.3) is 5.69 Å². The molecule has 0 radical (unpaired) electrons. The van der Waals surface area contributed by atoms with E-state index in [0.717, 1.165) is 67.5 Å². The van der Waals surface area contributed by atoms with Crippen molar-refractivity contribution in [2.75, 3.05) is 6.54 Å². The van der Waals surface area contributed by atoms with Crippen molar-refractivity contribution in [1.29, 1.82) is 0 Å². The Morgan fingerprint density at radius 1 is 1.03 bits per heavy atom. The highest BCUT2D eigenvalue weighted by molar-refractivity contribution is 7.98. The highest BCUT2D eigenvalue weighted by Gasteiger charge is 2.15. The number of nitrogens with one attached hydrogen (secondary N) is 1. The normalized spacial score (nSPS) is 13.0. The molecule has 0 unspecified atom stereocenters. The number of carbonyl (C=O) groups excluding carboxylic acids is 1. The average Bonchev–Trinajstić information content (AvgIpc) is 3.29. The summed E-state index contributed by atoms with van der Waals surface area (Å²) >= 11 is 1.71. The molecule has 188 valence electrons. The Morgan fingerprint density at radius 3 is 2.58 bits per heavy atom. The Labute approximate surface area is 219 Å². The number of unbranched alkanes of at least 4 members (excludes halogenated alkanes) is 1. The maximum Gasteiger partial charge on any atom is 0.220 e. The molecule has 0 aliphatic heterocycles. The zero-order valence-electron chi connectivity index (χ0n) is 21.4. The molecule has 5 nitrogen and oxygen atoms in total. The molecule has 3 aromatic rings. The molecule has 0 atom stereocenters. The van der Waals surface area contributed by atoms with Crippen LogP contribution in [0.15, 0.2) is 77.5 Å². The third-order valence-corrected chi connectivity index (χ3v) is 7.29. The summed E-state index contributed by atoms with van der Waals surface area (Å²) in [5.41, 5.74) is 6.35. The summed E-state index contributed by atoms with van der Waals surface area (Å²) in [6, 6.07) is 17.0. The van der Waals surface area contributed by atoms with Crippen LogP contribution in [0.3, 0.4) is 0 Å². The number of nitrogens with zero attached hydrogens (tertiary/aromatic N) is 3. The van der Waals surface area contributed by atoms with Crippen molar-refractivity contribution in [2.24, 2.45) is 0 Å². The van der Waals surface area contributed by atoms with Crippen LogP contribution >= 0.6 is 11.8 Å². The third-order valence-electron chi connectivity index (χ3n) is 6.29. The van der Waals surface area contributed by atoms with Gasteiger partial charge in [0.2, 0.25) is 5.91 Å². The minimum atomic E-state index is 0.135. The van der Waals surface area contributed by atoms with E-state index in [1.54, 1.807) is 11.8 Å². The number of aromatic nitrogens is 3. The third kappa shape index (κ3) is 7.69. The standard InChI is InChI=1S/C30H36N4OS/c1-23-19-24(2)21-26(20-23)22-36-30-33-32-28(34(30)27-13-7-4-8-14-27)15-9-10-16-29(35)31-18-17-25-11-5-3-6-12-25/h3-5,7-8,11,13-14,19-21H,6,9-10,12,15-18,22H2,1-2H3,(H,31,35). The van der Waals surface area contributed by atoms with E-state index < -0.39 is 0 Å². The second kappa shape index (κ2) is 13.3. The molecule has 4 rings (SSSR count). The van der Waals surface area contributed by atoms with Gasteiger partial charge in [0.05, 0.1) is 0 Å². The largest absolute Gasteiger partial charge is 0.356 e. The van der Waals surface area contributed by atoms with Gasteiger partial charge in [-0.25, -0.2) is 0 Å². The lowest BCUT2D eigenvalue weighted by molar-refractivity contribution is -0.121. The molecule has 1 N–H and O–H groups in total. The maximum atomic E-state index is 12.3. The first-order valence-corrected chi connectivity index (χ1v) is 13.9. The number of amides is 1. The highest BCUT2D eigenvalue weighted by atomic mass is 32.2. The second-order valence-corrected chi connectivity index (χ2v) is 10.4. The smallest absolute Gasteiger partial charge is 0.220 e. The van der Waals surface area contributed by atoms with Crippen LogP contribution in [0.5, 0.6) is 0 Å². The Bertz CT molecular complexity index is 1190. The second-order valence-electron chi connectivity index (χ2n) is 9.45. The number of thioether (sulfide) groups is 1. The zero-order valence-corrected chi connectivity index (χ0v) is 22.2. The van der Waals surface area contributed by atoms with Crippen LogP contribution < -0.4 is 5.32 Å². The number of para-hydroxylation sites is 1. The van der Waals surface area contributed by atoms with Crippen molar-refractivity contribution in [3.8, 4) is 5.69 Å². The van der Waals surface area contributed by atoms with Crippen molar-refractivity contribution >= 4 is 17.7 Å². The Hall–Kier alpha value is -3.12. The molecule has 0 fully saturated rings. The van der Waals surface area contributed by atoms with E-state index in [-0.39, 0.29) is 5.91 Å². The fourth-order valence-corrected chi connectivity index (χ4v) is 5.47. The highest BCUT2D eigenvalue weighted by Crippen LogP contribution is 2.27. The van der Waals surface area contributed by atoms with E-state index >= 15 is 0 Å². The number of aryl methyl sites for hydroxylation is 3. The zero-order chi connectivity index (χ0) is 25.2. The van der Waals surface area contributed by atoms with Crippen LogP contribution in [0.2, 0.25) is 0 Å². The van der Waals surface area contributed by atoms with Gasteiger partial charge in [-0.15, -0.1) is 10.2 Å². The number of benzene rings is 2. The minimum Gasteiger partial charge on any atom is -0.356 e. The summed E-state index contributed by atoms with van der Waals surface area (Å²) < 4.78 is 2.17. The molecule has 0 bridgehead atoms. The van der Waals surface area contributed by atoms with Crippen LogP contribution in [0.4, 0.5) is 0 Å². The summed E-state index contributed by atoms with van der Waals surface area (Å²) in [5.74, 6) is 1.93. The van der Waals surface area contributed by atoms with Gasteiger partial charge in [-0.1, -0.05) is 83.1 Å². The summed E-state index contributed by atoms with van der Waals surface area (Å²) in [5, 5.41) is 13.0. The van der Waals surface area contributed by atoms with Gasteiger partial charge in [0, 0.05) is 30.8 Å². The van der Waals surface area contributed by atoms with Crippen LogP contribution in [-0.2, 0) is 17.0 Å². The van der Waals surface area contributed by atoms with Crippen LogP contribution in [0.1, 0.15) is 61.0 Å². The number of allylic oxidation sites excluding steroid dienone is 3. The maximum absolute atomic E-state index is 12.3. The van der Waals surface area contributed by atoms with Crippen molar-refractivity contribution < 1.29 is 4.79 Å². The van der Waals surface area contributed by atoms with Crippen molar-refractivity contribution in [3.63, 3.8) is 0 Å². The van der Waals surface area contributed by atoms with Gasteiger partial charge in [0.1, 0.15) is 5.82 Å². The predicted molar refractivity (Wildman–Crippen MR) is 148 cm³/mol. The molecule has 1 heterocycles. The fraction of sp³-hybridized carbons (Fsp3) is 0.367. The summed E-state index contributed by atoms with van der Waals surface area (Å²) in [7, 11) is 0. The number of rotatable bonds is 12. The molecular formula is C30H36N4OS. The Balaban J connectivity index is 1.31. The van der Waals surface area contributed by atoms with Gasteiger partial charge in [-0.2, -0.15) is 0 Å². The summed E-state index contributed by atoms with van der Waals surface area (Å²) in [6.07, 6.45) is 12.7. The Kier molecular flexibility index (Phi) is 9.56. The summed E-state index contributed by atoms with van der Waals surface area (Å²) in [4.78, 5) is 12.3. The predicted octanol–water partition coefficient (Wildman–Crippen LogP) is 6.67. The van der Waals surface area contributed by atoms with E-state index in [2.05, 4.69) is 82.5 Å². The lowest BCUT2D eigenvalue weighted by Gasteiger charge is -2.11. The molecule has 36 heavy (non-hydrogen) atoms. The van der Waals surface area contributed by atoms with E-state index in [1.807, 2.05) is 18.2 Å². The molecule has 0 saturated carbocycles. The molecule has 1 aromatic heterocycles. The van der Waals surface area contributed by atoms with Crippen molar-refractivity contribution in [3.05, 3.63) is 94.8 Å². The molecule has 1 aliphatic rings. The van der Waals surface area contributed by atoms with Gasteiger partial charge in [-0.05, 0) is 63.6 Å². The number of carbonyl (C=O) groups is 1. The first-order valence-electron chi connectivity index (χ1n) is 12.9. The summed E-state index contributed by atoms with van der Waals surface area (Å²) in [6.45, 7) is 5.00. The SMILES string of the molecule is Cc1cc(C)cc(CSc2nnc(CCCCC(=O)NCCC3=CC=CCC3)n2-c2ccccc2)c1. The molecule has 6 heteroatoms. The van der Waals surface area contributed by atoms with E-state index in [1.165, 1.54) is 22.3 Å². The van der Waals surface area contributed by atoms with Crippen LogP contribution in [-0.4, -0.2) is 27.2 Å². The monoisotopic (exact) mass is 500 g/mol. The van der Waals surface area contributed by atoms with Gasteiger partial charge < -0.3 is 5.32 Å². The topological polar surface area (TPSA) is 59.8 Å². The quantitative estimate of drug-likeness (QED) is 0.223. The van der Waals surface area contributed by atoms with E-state index in [0.29, 0.717) is 6.42 Å². The van der Waals surface area contributed by atoms with Gasteiger partial charge in [-0.3, -0.25) is 9.36 Å². The first kappa shape index (κ1) is 26.0. The van der Waals surface area contributed by atoms with Crippen molar-refractivity contribution in [2.45, 2.75) is 69.7 Å². The molecular weight excluding hydrogens is 464 g/mol. The molecule has 0 spiro atoms. The molecule has 1 aliphatic carbocycles. The van der Waals surface area contributed by atoms with E-state index in [9.17, 15) is 4.79 Å². The number of hydrogen-bond acceptors (Lipinski definition) is 4. The van der Waals surface area contributed by atoms with Crippen molar-refractivity contribution in [1.82, 2.24) is 20.1 Å².